The van der Waals surface area contributed by atoms with Crippen LogP contribution in [0.15, 0.2) is 0 Å². The van der Waals surface area contributed by atoms with Crippen LogP contribution in [0.2, 0.25) is 0 Å². The number of hydrogen-bond donors (Lipinski definition) is 1. The number of ether oxygens (including phenoxy) is 1. The van der Waals surface area contributed by atoms with E-state index in [1.54, 1.807) is 6.92 Å². The van der Waals surface area contributed by atoms with E-state index in [9.17, 15) is 9.59 Å². The molecule has 1 saturated heterocycles. The van der Waals surface area contributed by atoms with Crippen molar-refractivity contribution in [2.24, 2.45) is 5.92 Å². The van der Waals surface area contributed by atoms with Crippen LogP contribution >= 0.6 is 0 Å². The average molecular weight is 215 g/mol. The first-order valence-electron chi connectivity index (χ1n) is 5.14. The van der Waals surface area contributed by atoms with Gasteiger partial charge < -0.3 is 14.7 Å². The standard InChI is InChI=1S/C10H17NO4/c1-8(12)11-4-2-9(3-5-11)6-15-7-10(13)14/h9H,2-7H2,1H3,(H,13,14). The lowest BCUT2D eigenvalue weighted by Crippen LogP contribution is -2.38. The van der Waals surface area contributed by atoms with Crippen LogP contribution in [0.3, 0.4) is 0 Å². The van der Waals surface area contributed by atoms with Crippen molar-refractivity contribution < 1.29 is 19.4 Å². The summed E-state index contributed by atoms with van der Waals surface area (Å²) in [6.07, 6.45) is 1.80. The van der Waals surface area contributed by atoms with E-state index in [2.05, 4.69) is 0 Å². The van der Waals surface area contributed by atoms with Crippen molar-refractivity contribution in [3.63, 3.8) is 0 Å². The molecule has 1 fully saturated rings. The Morgan fingerprint density at radius 1 is 1.40 bits per heavy atom. The van der Waals surface area contributed by atoms with Gasteiger partial charge in [-0.1, -0.05) is 0 Å². The van der Waals surface area contributed by atoms with Gasteiger partial charge in [0.15, 0.2) is 0 Å². The number of hydrogen-bond acceptors (Lipinski definition) is 3. The SMILES string of the molecule is CC(=O)N1CCC(COCC(=O)O)CC1. The van der Waals surface area contributed by atoms with Gasteiger partial charge in [-0.25, -0.2) is 4.79 Å². The van der Waals surface area contributed by atoms with Gasteiger partial charge in [-0.15, -0.1) is 0 Å². The molecular weight excluding hydrogens is 198 g/mol. The lowest BCUT2D eigenvalue weighted by Gasteiger charge is -2.30. The minimum atomic E-state index is -0.934. The van der Waals surface area contributed by atoms with Crippen molar-refractivity contribution in [1.82, 2.24) is 4.90 Å². The second kappa shape index (κ2) is 5.70. The smallest absolute Gasteiger partial charge is 0.329 e. The van der Waals surface area contributed by atoms with E-state index in [0.717, 1.165) is 25.9 Å². The molecule has 5 heteroatoms. The molecule has 0 bridgehead atoms. The molecule has 0 aliphatic carbocycles. The van der Waals surface area contributed by atoms with Crippen LogP contribution in [0.25, 0.3) is 0 Å². The molecule has 0 aromatic rings. The number of likely N-dealkylation sites (tertiary alicyclic amines) is 1. The highest BCUT2D eigenvalue weighted by Gasteiger charge is 2.20. The molecule has 1 aliphatic heterocycles. The van der Waals surface area contributed by atoms with E-state index in [1.165, 1.54) is 0 Å². The Labute approximate surface area is 89.0 Å². The van der Waals surface area contributed by atoms with Crippen LogP contribution in [0.1, 0.15) is 19.8 Å². The fraction of sp³-hybridized carbons (Fsp3) is 0.800. The molecule has 5 nitrogen and oxygen atoms in total. The first-order chi connectivity index (χ1) is 7.09. The van der Waals surface area contributed by atoms with Crippen molar-refractivity contribution in [2.75, 3.05) is 26.3 Å². The Balaban J connectivity index is 2.14. The molecule has 15 heavy (non-hydrogen) atoms. The molecule has 1 rings (SSSR count). The van der Waals surface area contributed by atoms with Crippen LogP contribution in [0, 0.1) is 5.92 Å². The Morgan fingerprint density at radius 3 is 2.47 bits per heavy atom. The molecule has 86 valence electrons. The van der Waals surface area contributed by atoms with Crippen LogP contribution in [-0.4, -0.2) is 48.2 Å². The summed E-state index contributed by atoms with van der Waals surface area (Å²) in [5.74, 6) is -0.434. The topological polar surface area (TPSA) is 66.8 Å². The quantitative estimate of drug-likeness (QED) is 0.734. The van der Waals surface area contributed by atoms with Crippen LogP contribution in [0.4, 0.5) is 0 Å². The number of carbonyl (C=O) groups is 2. The summed E-state index contributed by atoms with van der Waals surface area (Å²) >= 11 is 0. The number of rotatable bonds is 4. The van der Waals surface area contributed by atoms with Crippen molar-refractivity contribution in [3.05, 3.63) is 0 Å². The highest BCUT2D eigenvalue weighted by Crippen LogP contribution is 2.17. The number of amides is 1. The molecule has 1 heterocycles. The Kier molecular flexibility index (Phi) is 4.55. The van der Waals surface area contributed by atoms with E-state index >= 15 is 0 Å². The second-order valence-corrected chi connectivity index (χ2v) is 3.86. The van der Waals surface area contributed by atoms with Crippen LogP contribution in [0.5, 0.6) is 0 Å². The van der Waals surface area contributed by atoms with Gasteiger partial charge in [0.1, 0.15) is 6.61 Å². The number of nitrogens with zero attached hydrogens (tertiary/aromatic N) is 1. The predicted molar refractivity (Wildman–Crippen MR) is 53.4 cm³/mol. The lowest BCUT2D eigenvalue weighted by atomic mass is 9.98. The molecule has 0 radical (unpaired) electrons. The van der Waals surface area contributed by atoms with Crippen LogP contribution in [-0.2, 0) is 14.3 Å². The number of aliphatic carboxylic acids is 1. The number of carboxylic acids is 1. The zero-order valence-corrected chi connectivity index (χ0v) is 8.94. The molecule has 0 aromatic heterocycles. The molecule has 1 N–H and O–H groups in total. The molecule has 0 aromatic carbocycles. The second-order valence-electron chi connectivity index (χ2n) is 3.86. The fourth-order valence-electron chi connectivity index (χ4n) is 1.73. The third-order valence-electron chi connectivity index (χ3n) is 2.64. The van der Waals surface area contributed by atoms with Crippen molar-refractivity contribution in [3.8, 4) is 0 Å². The summed E-state index contributed by atoms with van der Waals surface area (Å²) in [4.78, 5) is 23.0. The van der Waals surface area contributed by atoms with E-state index < -0.39 is 5.97 Å². The Morgan fingerprint density at radius 2 is 2.00 bits per heavy atom. The van der Waals surface area contributed by atoms with Gasteiger partial charge in [0.25, 0.3) is 0 Å². The van der Waals surface area contributed by atoms with Gasteiger partial charge in [-0.3, -0.25) is 4.79 Å². The summed E-state index contributed by atoms with van der Waals surface area (Å²) < 4.78 is 5.03. The van der Waals surface area contributed by atoms with Crippen molar-refractivity contribution in [2.45, 2.75) is 19.8 Å². The number of piperidine rings is 1. The minimum Gasteiger partial charge on any atom is -0.480 e. The Bertz CT molecular complexity index is 231. The van der Waals surface area contributed by atoms with Gasteiger partial charge >= 0.3 is 5.97 Å². The zero-order chi connectivity index (χ0) is 11.3. The maximum Gasteiger partial charge on any atom is 0.329 e. The largest absolute Gasteiger partial charge is 0.480 e. The van der Waals surface area contributed by atoms with E-state index in [0.29, 0.717) is 12.5 Å². The molecule has 1 aliphatic rings. The minimum absolute atomic E-state index is 0.111. The van der Waals surface area contributed by atoms with Crippen LogP contribution < -0.4 is 0 Å². The molecular formula is C10H17NO4. The maximum atomic E-state index is 11.0. The van der Waals surface area contributed by atoms with E-state index in [-0.39, 0.29) is 12.5 Å². The van der Waals surface area contributed by atoms with E-state index in [4.69, 9.17) is 9.84 Å². The molecule has 0 spiro atoms. The summed E-state index contributed by atoms with van der Waals surface area (Å²) in [6.45, 7) is 3.35. The van der Waals surface area contributed by atoms with Gasteiger partial charge in [0.2, 0.25) is 5.91 Å². The van der Waals surface area contributed by atoms with Crippen molar-refractivity contribution in [1.29, 1.82) is 0 Å². The summed E-state index contributed by atoms with van der Waals surface area (Å²) in [7, 11) is 0. The third-order valence-corrected chi connectivity index (χ3v) is 2.64. The molecule has 0 atom stereocenters. The maximum absolute atomic E-state index is 11.0. The predicted octanol–water partition coefficient (Wildman–Crippen LogP) is 0.346. The molecule has 0 saturated carbocycles. The summed E-state index contributed by atoms with van der Waals surface area (Å²) in [5.41, 5.74) is 0. The normalized spacial score (nSPS) is 17.8. The number of carbonyl (C=O) groups excluding carboxylic acids is 1. The fourth-order valence-corrected chi connectivity index (χ4v) is 1.73. The summed E-state index contributed by atoms with van der Waals surface area (Å²) in [6, 6.07) is 0. The van der Waals surface area contributed by atoms with Gasteiger partial charge in [-0.2, -0.15) is 0 Å². The first kappa shape index (κ1) is 12.0. The molecule has 1 amide bonds. The number of carboxylic acid groups (broad SMARTS) is 1. The zero-order valence-electron chi connectivity index (χ0n) is 8.94. The molecule has 0 unspecified atom stereocenters. The van der Waals surface area contributed by atoms with Gasteiger partial charge in [0.05, 0.1) is 6.61 Å². The van der Waals surface area contributed by atoms with Crippen molar-refractivity contribution >= 4 is 11.9 Å². The lowest BCUT2D eigenvalue weighted by molar-refractivity contribution is -0.142. The highest BCUT2D eigenvalue weighted by atomic mass is 16.5. The summed E-state index contributed by atoms with van der Waals surface area (Å²) in [5, 5.41) is 8.38. The Hall–Kier alpha value is -1.10. The van der Waals surface area contributed by atoms with Gasteiger partial charge in [0, 0.05) is 20.0 Å². The first-order valence-corrected chi connectivity index (χ1v) is 5.14. The van der Waals surface area contributed by atoms with E-state index in [1.807, 2.05) is 4.90 Å². The average Bonchev–Trinajstić information content (AvgIpc) is 2.18. The monoisotopic (exact) mass is 215 g/mol. The highest BCUT2D eigenvalue weighted by molar-refractivity contribution is 5.73. The van der Waals surface area contributed by atoms with Gasteiger partial charge in [-0.05, 0) is 18.8 Å². The third kappa shape index (κ3) is 4.29.